The number of nitrogens with one attached hydrogen (secondary N) is 2. The van der Waals surface area contributed by atoms with Crippen molar-refractivity contribution < 1.29 is 14.3 Å². The molecule has 1 amide bonds. The molecule has 0 saturated heterocycles. The highest BCUT2D eigenvalue weighted by Gasteiger charge is 2.08. The first-order chi connectivity index (χ1) is 15.2. The van der Waals surface area contributed by atoms with Crippen molar-refractivity contribution in [2.24, 2.45) is 5.10 Å². The van der Waals surface area contributed by atoms with E-state index in [2.05, 4.69) is 15.8 Å². The van der Waals surface area contributed by atoms with Crippen LogP contribution in [0.3, 0.4) is 0 Å². The number of ether oxygens (including phenoxy) is 2. The van der Waals surface area contributed by atoms with Crippen molar-refractivity contribution in [3.8, 4) is 11.5 Å². The number of hydrogen-bond acceptors (Lipinski definition) is 5. The third-order valence-corrected chi connectivity index (χ3v) is 4.61. The number of para-hydroxylation sites is 1. The van der Waals surface area contributed by atoms with Crippen molar-refractivity contribution in [1.82, 2.24) is 5.43 Å². The number of benzene rings is 3. The molecule has 3 aromatic rings. The zero-order chi connectivity index (χ0) is 21.9. The molecule has 0 heterocycles. The number of hydrogen-bond donors (Lipinski definition) is 2. The highest BCUT2D eigenvalue weighted by molar-refractivity contribution is 6.31. The van der Waals surface area contributed by atoms with Crippen LogP contribution >= 0.6 is 11.6 Å². The van der Waals surface area contributed by atoms with Gasteiger partial charge in [-0.1, -0.05) is 48.0 Å². The minimum absolute atomic E-state index is 0.125. The lowest BCUT2D eigenvalue weighted by Gasteiger charge is -2.13. The van der Waals surface area contributed by atoms with E-state index in [1.54, 1.807) is 6.21 Å². The van der Waals surface area contributed by atoms with Crippen LogP contribution in [0.15, 0.2) is 77.9 Å². The van der Waals surface area contributed by atoms with Gasteiger partial charge < -0.3 is 14.8 Å². The number of rotatable bonds is 10. The second-order valence-electron chi connectivity index (χ2n) is 6.53. The predicted octanol–water partition coefficient (Wildman–Crippen LogP) is 4.88. The summed E-state index contributed by atoms with van der Waals surface area (Å²) in [5, 5.41) is 7.69. The van der Waals surface area contributed by atoms with E-state index in [0.717, 1.165) is 16.8 Å². The number of carbonyl (C=O) groups is 1. The van der Waals surface area contributed by atoms with Crippen molar-refractivity contribution in [3.05, 3.63) is 88.9 Å². The van der Waals surface area contributed by atoms with Gasteiger partial charge in [-0.3, -0.25) is 4.79 Å². The van der Waals surface area contributed by atoms with Crippen LogP contribution in [0.25, 0.3) is 0 Å². The van der Waals surface area contributed by atoms with Gasteiger partial charge in [-0.2, -0.15) is 5.10 Å². The maximum atomic E-state index is 11.9. The van der Waals surface area contributed by atoms with Gasteiger partial charge in [-0.25, -0.2) is 5.43 Å². The summed E-state index contributed by atoms with van der Waals surface area (Å²) in [5.74, 6) is 0.954. The van der Waals surface area contributed by atoms with Crippen molar-refractivity contribution >= 4 is 29.4 Å². The number of carbonyl (C=O) groups excluding carboxylic acids is 1. The smallest absolute Gasteiger partial charge is 0.259 e. The topological polar surface area (TPSA) is 72.0 Å². The van der Waals surface area contributed by atoms with E-state index in [0.29, 0.717) is 29.7 Å². The van der Waals surface area contributed by atoms with Crippen LogP contribution < -0.4 is 20.2 Å². The average molecular weight is 438 g/mol. The van der Waals surface area contributed by atoms with E-state index in [1.807, 2.05) is 79.7 Å². The zero-order valence-electron chi connectivity index (χ0n) is 17.2. The molecule has 0 spiro atoms. The van der Waals surface area contributed by atoms with Crippen molar-refractivity contribution in [2.45, 2.75) is 13.5 Å². The van der Waals surface area contributed by atoms with E-state index in [1.165, 1.54) is 0 Å². The van der Waals surface area contributed by atoms with Crippen LogP contribution in [0.1, 0.15) is 18.1 Å². The normalized spacial score (nSPS) is 10.6. The molecule has 0 unspecified atom stereocenters. The lowest BCUT2D eigenvalue weighted by molar-refractivity contribution is -0.119. The summed E-state index contributed by atoms with van der Waals surface area (Å²) in [6.45, 7) is 2.85. The van der Waals surface area contributed by atoms with Gasteiger partial charge >= 0.3 is 0 Å². The fourth-order valence-electron chi connectivity index (χ4n) is 2.72. The highest BCUT2D eigenvalue weighted by atomic mass is 35.5. The first kappa shape index (κ1) is 22.2. The Balaban J connectivity index is 1.56. The second-order valence-corrected chi connectivity index (χ2v) is 6.94. The first-order valence-electron chi connectivity index (χ1n) is 9.89. The molecule has 3 rings (SSSR count). The predicted molar refractivity (Wildman–Crippen MR) is 124 cm³/mol. The van der Waals surface area contributed by atoms with Crippen molar-refractivity contribution in [1.29, 1.82) is 0 Å². The van der Waals surface area contributed by atoms with Gasteiger partial charge in [0.25, 0.3) is 5.91 Å². The number of anilines is 1. The Morgan fingerprint density at radius 3 is 2.55 bits per heavy atom. The van der Waals surface area contributed by atoms with E-state index in [4.69, 9.17) is 21.1 Å². The summed E-state index contributed by atoms with van der Waals surface area (Å²) >= 11 is 6.19. The van der Waals surface area contributed by atoms with Crippen LogP contribution in [-0.4, -0.2) is 25.3 Å². The average Bonchev–Trinajstić information content (AvgIpc) is 2.79. The molecule has 7 heteroatoms. The van der Waals surface area contributed by atoms with Crippen LogP contribution in [0.2, 0.25) is 5.02 Å². The van der Waals surface area contributed by atoms with E-state index >= 15 is 0 Å². The number of hydrazone groups is 1. The molecule has 2 N–H and O–H groups in total. The lowest BCUT2D eigenvalue weighted by Crippen LogP contribution is -2.25. The second kappa shape index (κ2) is 11.6. The standard InChI is InChI=1S/C24H24ClN3O3/c1-2-30-23-14-18(12-13-22(23)31-17-19-8-6-7-11-21(19)25)15-27-28-24(29)16-26-20-9-4-3-5-10-20/h3-15,26H,2,16-17H2,1H3,(H,28,29)/b27-15-. The van der Waals surface area contributed by atoms with E-state index in [9.17, 15) is 4.79 Å². The van der Waals surface area contributed by atoms with Gasteiger partial charge in [0.2, 0.25) is 0 Å². The van der Waals surface area contributed by atoms with E-state index in [-0.39, 0.29) is 12.5 Å². The Bertz CT molecular complexity index is 1030. The molecular formula is C24H24ClN3O3. The minimum Gasteiger partial charge on any atom is -0.490 e. The number of amides is 1. The number of halogens is 1. The maximum absolute atomic E-state index is 11.9. The van der Waals surface area contributed by atoms with Crippen LogP contribution in [-0.2, 0) is 11.4 Å². The summed E-state index contributed by atoms with van der Waals surface area (Å²) in [6, 6.07) is 22.5. The molecule has 160 valence electrons. The summed E-state index contributed by atoms with van der Waals surface area (Å²) in [4.78, 5) is 11.9. The molecule has 31 heavy (non-hydrogen) atoms. The molecule has 0 aromatic heterocycles. The summed E-state index contributed by atoms with van der Waals surface area (Å²) in [5.41, 5.74) is 5.03. The van der Waals surface area contributed by atoms with Gasteiger partial charge in [0.1, 0.15) is 6.61 Å². The molecule has 0 aliphatic heterocycles. The van der Waals surface area contributed by atoms with Gasteiger partial charge in [0, 0.05) is 16.3 Å². The van der Waals surface area contributed by atoms with Crippen molar-refractivity contribution in [2.75, 3.05) is 18.5 Å². The lowest BCUT2D eigenvalue weighted by atomic mass is 10.2. The maximum Gasteiger partial charge on any atom is 0.259 e. The van der Waals surface area contributed by atoms with Gasteiger partial charge in [-0.05, 0) is 48.9 Å². The molecule has 0 aliphatic carbocycles. The monoisotopic (exact) mass is 437 g/mol. The molecule has 0 aliphatic rings. The molecule has 0 fully saturated rings. The molecule has 3 aromatic carbocycles. The fraction of sp³-hybridized carbons (Fsp3) is 0.167. The van der Waals surface area contributed by atoms with Crippen LogP contribution in [0.4, 0.5) is 5.69 Å². The van der Waals surface area contributed by atoms with Crippen molar-refractivity contribution in [3.63, 3.8) is 0 Å². The molecule has 0 atom stereocenters. The summed E-state index contributed by atoms with van der Waals surface area (Å²) in [7, 11) is 0. The quantitative estimate of drug-likeness (QED) is 0.350. The largest absolute Gasteiger partial charge is 0.490 e. The first-order valence-corrected chi connectivity index (χ1v) is 10.3. The SMILES string of the molecule is CCOc1cc(/C=N\NC(=O)CNc2ccccc2)ccc1OCc1ccccc1Cl. The van der Waals surface area contributed by atoms with E-state index < -0.39 is 0 Å². The van der Waals surface area contributed by atoms with Gasteiger partial charge in [0.15, 0.2) is 11.5 Å². The Morgan fingerprint density at radius 2 is 1.77 bits per heavy atom. The Labute approximate surface area is 186 Å². The van der Waals surface area contributed by atoms with Crippen LogP contribution in [0, 0.1) is 0 Å². The highest BCUT2D eigenvalue weighted by Crippen LogP contribution is 2.29. The fourth-order valence-corrected chi connectivity index (χ4v) is 2.91. The van der Waals surface area contributed by atoms with Gasteiger partial charge in [-0.15, -0.1) is 0 Å². The zero-order valence-corrected chi connectivity index (χ0v) is 17.9. The Kier molecular flexibility index (Phi) is 8.31. The molecule has 6 nitrogen and oxygen atoms in total. The molecule has 0 bridgehead atoms. The minimum atomic E-state index is -0.246. The Morgan fingerprint density at radius 1 is 1.00 bits per heavy atom. The third kappa shape index (κ3) is 7.04. The Hall–Kier alpha value is -3.51. The van der Waals surface area contributed by atoms with Crippen LogP contribution in [0.5, 0.6) is 11.5 Å². The summed E-state index contributed by atoms with van der Waals surface area (Å²) in [6.07, 6.45) is 1.56. The molecular weight excluding hydrogens is 414 g/mol. The van der Waals surface area contributed by atoms with Gasteiger partial charge in [0.05, 0.1) is 19.4 Å². The molecule has 0 radical (unpaired) electrons. The molecule has 0 saturated carbocycles. The number of nitrogens with zero attached hydrogens (tertiary/aromatic N) is 1. The summed E-state index contributed by atoms with van der Waals surface area (Å²) < 4.78 is 11.6. The third-order valence-electron chi connectivity index (χ3n) is 4.24.